The lowest BCUT2D eigenvalue weighted by atomic mass is 9.68. The molecule has 1 aromatic rings. The molecular formula is C19H28NO6P. The van der Waals surface area contributed by atoms with Crippen molar-refractivity contribution in [3.63, 3.8) is 0 Å². The quantitative estimate of drug-likeness (QED) is 0.650. The number of phosphoric ester groups is 1. The first-order chi connectivity index (χ1) is 12.9. The van der Waals surface area contributed by atoms with Crippen molar-refractivity contribution in [1.29, 1.82) is 0 Å². The van der Waals surface area contributed by atoms with Gasteiger partial charge in [-0.2, -0.15) is 0 Å². The average molecular weight is 397 g/mol. The number of fused-ring (bicyclic) bond motifs is 1. The van der Waals surface area contributed by atoms with Crippen LogP contribution in [-0.2, 0) is 23.6 Å². The van der Waals surface area contributed by atoms with E-state index in [1.807, 2.05) is 6.07 Å². The van der Waals surface area contributed by atoms with Crippen LogP contribution in [0.3, 0.4) is 0 Å². The fraction of sp³-hybridized carbons (Fsp3) is 0.579. The van der Waals surface area contributed by atoms with E-state index in [0.717, 1.165) is 30.9 Å². The molecular weight excluding hydrogens is 369 g/mol. The van der Waals surface area contributed by atoms with Gasteiger partial charge in [-0.1, -0.05) is 6.07 Å². The zero-order valence-corrected chi connectivity index (χ0v) is 17.5. The van der Waals surface area contributed by atoms with Crippen LogP contribution in [0, 0.1) is 0 Å². The Morgan fingerprint density at radius 3 is 2.41 bits per heavy atom. The van der Waals surface area contributed by atoms with Crippen molar-refractivity contribution in [2.24, 2.45) is 0 Å². The van der Waals surface area contributed by atoms with Gasteiger partial charge in [0.2, 0.25) is 0 Å². The second-order valence-corrected chi connectivity index (χ2v) is 8.75. The molecule has 2 atom stereocenters. The summed E-state index contributed by atoms with van der Waals surface area (Å²) in [5.41, 5.74) is 1.16. The molecule has 0 aromatic heterocycles. The number of likely N-dealkylation sites (tertiary alicyclic amines) is 1. The highest BCUT2D eigenvalue weighted by molar-refractivity contribution is 7.48. The Bertz CT molecular complexity index is 759. The Kier molecular flexibility index (Phi) is 5.87. The number of hydrogen-bond donors (Lipinski definition) is 0. The summed E-state index contributed by atoms with van der Waals surface area (Å²) >= 11 is 0. The van der Waals surface area contributed by atoms with Crippen LogP contribution < -0.4 is 9.47 Å². The summed E-state index contributed by atoms with van der Waals surface area (Å²) in [6.45, 7) is 0.967. The Balaban J connectivity index is 1.96. The molecule has 0 amide bonds. The van der Waals surface area contributed by atoms with E-state index in [2.05, 4.69) is 30.2 Å². The number of nitrogens with zero attached hydrogens (tertiary/aromatic N) is 1. The third-order valence-corrected chi connectivity index (χ3v) is 7.10. The predicted molar refractivity (Wildman–Crippen MR) is 102 cm³/mol. The third kappa shape index (κ3) is 3.61. The summed E-state index contributed by atoms with van der Waals surface area (Å²) < 4.78 is 38.7. The first-order valence-corrected chi connectivity index (χ1v) is 10.4. The number of likely N-dealkylation sites (N-methyl/N-ethyl adjacent to an activating group) is 1. The Hall–Kier alpha value is -1.53. The van der Waals surface area contributed by atoms with Gasteiger partial charge in [-0.25, -0.2) is 4.57 Å². The lowest BCUT2D eigenvalue weighted by Crippen LogP contribution is -2.42. The molecule has 2 unspecified atom stereocenters. The summed E-state index contributed by atoms with van der Waals surface area (Å²) in [6, 6.07) is 6.27. The van der Waals surface area contributed by atoms with Gasteiger partial charge in [0.1, 0.15) is 5.76 Å². The van der Waals surface area contributed by atoms with Gasteiger partial charge < -0.3 is 14.0 Å². The SMILES string of the molecule is COc1ccc(C23CCC(OP(=O)(OC)OC)=CC2N(C)CC3)cc1OC. The topological polar surface area (TPSA) is 66.5 Å². The van der Waals surface area contributed by atoms with Crippen molar-refractivity contribution < 1.29 is 27.6 Å². The van der Waals surface area contributed by atoms with E-state index in [4.69, 9.17) is 23.0 Å². The van der Waals surface area contributed by atoms with Gasteiger partial charge in [0, 0.05) is 32.1 Å². The van der Waals surface area contributed by atoms with Crippen molar-refractivity contribution in [1.82, 2.24) is 4.90 Å². The number of rotatable bonds is 7. The maximum absolute atomic E-state index is 12.3. The van der Waals surface area contributed by atoms with Gasteiger partial charge >= 0.3 is 7.82 Å². The van der Waals surface area contributed by atoms with E-state index < -0.39 is 7.82 Å². The van der Waals surface area contributed by atoms with E-state index in [-0.39, 0.29) is 11.5 Å². The first-order valence-electron chi connectivity index (χ1n) is 8.96. The summed E-state index contributed by atoms with van der Waals surface area (Å²) in [4.78, 5) is 2.30. The molecule has 0 radical (unpaired) electrons. The number of phosphoric acid groups is 1. The second-order valence-electron chi connectivity index (χ2n) is 6.94. The van der Waals surface area contributed by atoms with Crippen LogP contribution in [0.1, 0.15) is 24.8 Å². The largest absolute Gasteiger partial charge is 0.529 e. The molecule has 1 heterocycles. The number of methoxy groups -OCH3 is 2. The van der Waals surface area contributed by atoms with Crippen molar-refractivity contribution in [2.75, 3.05) is 42.0 Å². The number of benzene rings is 1. The van der Waals surface area contributed by atoms with Crippen LogP contribution in [0.2, 0.25) is 0 Å². The molecule has 1 saturated heterocycles. The molecule has 2 aliphatic rings. The molecule has 1 fully saturated rings. The van der Waals surface area contributed by atoms with E-state index in [1.54, 1.807) is 14.2 Å². The molecule has 0 bridgehead atoms. The number of ether oxygens (including phenoxy) is 2. The van der Waals surface area contributed by atoms with Gasteiger partial charge in [0.05, 0.1) is 14.2 Å². The van der Waals surface area contributed by atoms with Crippen LogP contribution in [0.4, 0.5) is 0 Å². The molecule has 0 spiro atoms. The molecule has 0 N–H and O–H groups in total. The van der Waals surface area contributed by atoms with Crippen molar-refractivity contribution >= 4 is 7.82 Å². The highest BCUT2D eigenvalue weighted by Crippen LogP contribution is 2.54. The van der Waals surface area contributed by atoms with Crippen LogP contribution in [0.5, 0.6) is 11.5 Å². The van der Waals surface area contributed by atoms with Crippen LogP contribution in [0.15, 0.2) is 30.0 Å². The van der Waals surface area contributed by atoms with Gasteiger partial charge in [-0.05, 0) is 50.2 Å². The normalized spacial score (nSPS) is 25.7. The maximum atomic E-state index is 12.3. The van der Waals surface area contributed by atoms with Gasteiger partial charge in [0.15, 0.2) is 11.5 Å². The summed E-state index contributed by atoms with van der Waals surface area (Å²) in [5.74, 6) is 2.10. The van der Waals surface area contributed by atoms with Gasteiger partial charge in [-0.15, -0.1) is 0 Å². The lowest BCUT2D eigenvalue weighted by Gasteiger charge is -2.40. The summed E-state index contributed by atoms with van der Waals surface area (Å²) in [6.07, 6.45) is 4.61. The zero-order valence-electron chi connectivity index (χ0n) is 16.6. The minimum absolute atomic E-state index is 0.0503. The van der Waals surface area contributed by atoms with Crippen LogP contribution >= 0.6 is 7.82 Å². The molecule has 0 saturated carbocycles. The third-order valence-electron chi connectivity index (χ3n) is 5.75. The van der Waals surface area contributed by atoms with E-state index >= 15 is 0 Å². The molecule has 7 nitrogen and oxygen atoms in total. The molecule has 1 aromatic carbocycles. The van der Waals surface area contributed by atoms with E-state index in [9.17, 15) is 4.57 Å². The van der Waals surface area contributed by atoms with E-state index in [0.29, 0.717) is 12.2 Å². The first kappa shape index (κ1) is 20.2. The van der Waals surface area contributed by atoms with Crippen molar-refractivity contribution in [3.8, 4) is 11.5 Å². The molecule has 27 heavy (non-hydrogen) atoms. The Labute approximate surface area is 160 Å². The highest BCUT2D eigenvalue weighted by atomic mass is 31.2. The second kappa shape index (κ2) is 7.84. The minimum Gasteiger partial charge on any atom is -0.493 e. The van der Waals surface area contributed by atoms with Crippen molar-refractivity contribution in [2.45, 2.75) is 30.7 Å². The van der Waals surface area contributed by atoms with Gasteiger partial charge in [0.25, 0.3) is 0 Å². The molecule has 1 aliphatic carbocycles. The Morgan fingerprint density at radius 1 is 1.07 bits per heavy atom. The molecule has 8 heteroatoms. The highest BCUT2D eigenvalue weighted by Gasteiger charge is 2.49. The molecule has 150 valence electrons. The minimum atomic E-state index is -3.55. The number of hydrogen-bond acceptors (Lipinski definition) is 7. The lowest BCUT2D eigenvalue weighted by molar-refractivity contribution is 0.166. The maximum Gasteiger partial charge on any atom is 0.529 e. The predicted octanol–water partition coefficient (Wildman–Crippen LogP) is 3.74. The smallest absolute Gasteiger partial charge is 0.493 e. The molecule has 1 aliphatic heterocycles. The van der Waals surface area contributed by atoms with Crippen LogP contribution in [0.25, 0.3) is 0 Å². The van der Waals surface area contributed by atoms with Gasteiger partial charge in [-0.3, -0.25) is 13.9 Å². The standard InChI is InChI=1S/C19H28NO6P/c1-20-11-10-19(14-6-7-16(22-2)17(12-14)23-3)9-8-15(13-18(19)20)26-27(21,24-4)25-5/h6-7,12-13,18H,8-11H2,1-5H3. The monoisotopic (exact) mass is 397 g/mol. The summed E-state index contributed by atoms with van der Waals surface area (Å²) in [7, 11) is 4.48. The zero-order chi connectivity index (χ0) is 19.7. The molecule has 3 rings (SSSR count). The average Bonchev–Trinajstić information content (AvgIpc) is 3.04. The number of allylic oxidation sites excluding steroid dienone is 1. The van der Waals surface area contributed by atoms with E-state index in [1.165, 1.54) is 19.8 Å². The Morgan fingerprint density at radius 2 is 1.78 bits per heavy atom. The van der Waals surface area contributed by atoms with Crippen LogP contribution in [-0.4, -0.2) is 53.0 Å². The van der Waals surface area contributed by atoms with Crippen molar-refractivity contribution in [3.05, 3.63) is 35.6 Å². The fourth-order valence-electron chi connectivity index (χ4n) is 4.22. The summed E-state index contributed by atoms with van der Waals surface area (Å²) in [5, 5.41) is 0. The fourth-order valence-corrected chi connectivity index (χ4v) is 4.96.